The number of hydrogen-bond acceptors (Lipinski definition) is 4. The molecule has 2 aromatic carbocycles. The molecule has 2 aromatic rings. The first-order chi connectivity index (χ1) is 16.0. The second-order valence-electron chi connectivity index (χ2n) is 8.11. The lowest BCUT2D eigenvalue weighted by atomic mass is 9.97. The molecule has 4 rings (SSSR count). The predicted octanol–water partition coefficient (Wildman–Crippen LogP) is 4.22. The number of halogens is 1. The third-order valence-corrected chi connectivity index (χ3v) is 5.90. The zero-order valence-corrected chi connectivity index (χ0v) is 18.4. The average molecular weight is 448 g/mol. The summed E-state index contributed by atoms with van der Waals surface area (Å²) in [6.45, 7) is 10.7. The molecule has 0 unspecified atom stereocenters. The van der Waals surface area contributed by atoms with Crippen LogP contribution in [-0.4, -0.2) is 44.3 Å². The number of carbonyl (C=O) groups is 2. The van der Waals surface area contributed by atoms with Crippen LogP contribution in [0.2, 0.25) is 0 Å². The molecule has 1 N–H and O–H groups in total. The Bertz CT molecular complexity index is 1120. The number of cyclic esters (lactones) is 1. The minimum atomic E-state index is -0.558. The molecule has 2 amide bonds. The standard InChI is InChI=1S/C25H25FN4O3/c1-17(31)28-15-21-16-30(25(32)33-21)20-8-9-23(22(26)14-20)29-12-10-19(11-13-29)24(27-2)18-6-4-3-5-7-18/h3-9,14,21H,10-13,15-16H2,1H3,(H,28,31)/t21-/m0/s1. The van der Waals surface area contributed by atoms with E-state index in [9.17, 15) is 9.59 Å². The smallest absolute Gasteiger partial charge is 0.414 e. The summed E-state index contributed by atoms with van der Waals surface area (Å²) in [7, 11) is 0. The fourth-order valence-electron chi connectivity index (χ4n) is 4.21. The molecule has 0 saturated carbocycles. The van der Waals surface area contributed by atoms with E-state index >= 15 is 4.39 Å². The minimum Gasteiger partial charge on any atom is -0.442 e. The van der Waals surface area contributed by atoms with Crippen molar-refractivity contribution >= 4 is 29.1 Å². The zero-order valence-electron chi connectivity index (χ0n) is 18.4. The molecule has 2 aliphatic rings. The van der Waals surface area contributed by atoms with Gasteiger partial charge in [-0.15, -0.1) is 0 Å². The van der Waals surface area contributed by atoms with E-state index in [0.29, 0.717) is 43.0 Å². The first kappa shape index (κ1) is 22.3. The van der Waals surface area contributed by atoms with Crippen LogP contribution in [0.25, 0.3) is 10.5 Å². The van der Waals surface area contributed by atoms with Crippen LogP contribution >= 0.6 is 0 Å². The summed E-state index contributed by atoms with van der Waals surface area (Å²) in [6.07, 6.45) is 0.351. The highest BCUT2D eigenvalue weighted by molar-refractivity contribution is 5.90. The molecule has 0 aliphatic carbocycles. The summed E-state index contributed by atoms with van der Waals surface area (Å²) in [4.78, 5) is 30.4. The number of hydrogen-bond donors (Lipinski definition) is 1. The monoisotopic (exact) mass is 448 g/mol. The van der Waals surface area contributed by atoms with Gasteiger partial charge < -0.3 is 15.0 Å². The Kier molecular flexibility index (Phi) is 6.59. The summed E-state index contributed by atoms with van der Waals surface area (Å²) in [5, 5.41) is 2.62. The van der Waals surface area contributed by atoms with Crippen molar-refractivity contribution in [1.29, 1.82) is 0 Å². The van der Waals surface area contributed by atoms with Gasteiger partial charge in [0.05, 0.1) is 31.0 Å². The Balaban J connectivity index is 1.43. The largest absolute Gasteiger partial charge is 0.442 e. The number of carbonyl (C=O) groups excluding carboxylic acids is 2. The minimum absolute atomic E-state index is 0.202. The second-order valence-corrected chi connectivity index (χ2v) is 8.11. The lowest BCUT2D eigenvalue weighted by molar-refractivity contribution is -0.119. The second kappa shape index (κ2) is 9.74. The molecule has 170 valence electrons. The van der Waals surface area contributed by atoms with Crippen molar-refractivity contribution < 1.29 is 18.7 Å². The Hall–Kier alpha value is -3.86. The lowest BCUT2D eigenvalue weighted by Gasteiger charge is -2.31. The van der Waals surface area contributed by atoms with Gasteiger partial charge in [0, 0.05) is 20.0 Å². The summed E-state index contributed by atoms with van der Waals surface area (Å²) < 4.78 is 20.3. The average Bonchev–Trinajstić information content (AvgIpc) is 3.20. The maximum Gasteiger partial charge on any atom is 0.414 e. The summed E-state index contributed by atoms with van der Waals surface area (Å²) in [5.74, 6) is -0.613. The lowest BCUT2D eigenvalue weighted by Crippen LogP contribution is -2.33. The summed E-state index contributed by atoms with van der Waals surface area (Å²) in [6, 6.07) is 14.4. The summed E-state index contributed by atoms with van der Waals surface area (Å²) in [5.41, 5.74) is 3.59. The molecule has 1 atom stereocenters. The number of ether oxygens (including phenoxy) is 1. The molecule has 7 nitrogen and oxygen atoms in total. The van der Waals surface area contributed by atoms with Crippen LogP contribution in [0.5, 0.6) is 0 Å². The molecular weight excluding hydrogens is 423 g/mol. The molecule has 0 aromatic heterocycles. The van der Waals surface area contributed by atoms with Gasteiger partial charge in [0.1, 0.15) is 11.9 Å². The van der Waals surface area contributed by atoms with Crippen LogP contribution in [0, 0.1) is 12.4 Å². The number of piperidine rings is 1. The van der Waals surface area contributed by atoms with E-state index in [-0.39, 0.29) is 19.0 Å². The number of rotatable bonds is 5. The van der Waals surface area contributed by atoms with E-state index in [1.165, 1.54) is 17.9 Å². The molecular formula is C25H25FN4O3. The first-order valence-corrected chi connectivity index (χ1v) is 10.9. The maximum atomic E-state index is 15.0. The normalized spacial score (nSPS) is 18.0. The zero-order chi connectivity index (χ0) is 23.4. The molecule has 0 spiro atoms. The van der Waals surface area contributed by atoms with E-state index in [0.717, 1.165) is 11.1 Å². The van der Waals surface area contributed by atoms with E-state index in [4.69, 9.17) is 11.3 Å². The predicted molar refractivity (Wildman–Crippen MR) is 124 cm³/mol. The fourth-order valence-corrected chi connectivity index (χ4v) is 4.21. The fraction of sp³-hybridized carbons (Fsp3) is 0.320. The summed E-state index contributed by atoms with van der Waals surface area (Å²) >= 11 is 0. The van der Waals surface area contributed by atoms with Gasteiger partial charge in [-0.25, -0.2) is 14.0 Å². The van der Waals surface area contributed by atoms with Crippen molar-refractivity contribution in [3.63, 3.8) is 0 Å². The number of anilines is 2. The van der Waals surface area contributed by atoms with Crippen molar-refractivity contribution in [2.24, 2.45) is 0 Å². The van der Waals surface area contributed by atoms with Crippen LogP contribution in [0.4, 0.5) is 20.6 Å². The van der Waals surface area contributed by atoms with Gasteiger partial charge in [-0.1, -0.05) is 35.9 Å². The highest BCUT2D eigenvalue weighted by atomic mass is 19.1. The van der Waals surface area contributed by atoms with Crippen LogP contribution in [0.3, 0.4) is 0 Å². The number of amides is 2. The third-order valence-electron chi connectivity index (χ3n) is 5.90. The van der Waals surface area contributed by atoms with Crippen molar-refractivity contribution in [1.82, 2.24) is 5.32 Å². The highest BCUT2D eigenvalue weighted by Crippen LogP contribution is 2.33. The van der Waals surface area contributed by atoms with Gasteiger partial charge in [-0.3, -0.25) is 9.69 Å². The molecule has 2 heterocycles. The molecule has 2 aliphatic heterocycles. The van der Waals surface area contributed by atoms with Gasteiger partial charge in [0.15, 0.2) is 5.70 Å². The van der Waals surface area contributed by atoms with Gasteiger partial charge in [0.25, 0.3) is 0 Å². The Morgan fingerprint density at radius 3 is 2.58 bits per heavy atom. The van der Waals surface area contributed by atoms with Crippen molar-refractivity contribution in [2.45, 2.75) is 25.9 Å². The highest BCUT2D eigenvalue weighted by Gasteiger charge is 2.33. The van der Waals surface area contributed by atoms with Gasteiger partial charge >= 0.3 is 6.09 Å². The number of nitrogens with one attached hydrogen (secondary N) is 1. The van der Waals surface area contributed by atoms with Crippen LogP contribution in [-0.2, 0) is 9.53 Å². The molecule has 2 saturated heterocycles. The topological polar surface area (TPSA) is 66.2 Å². The molecule has 8 heteroatoms. The number of benzene rings is 2. The van der Waals surface area contributed by atoms with Crippen LogP contribution < -0.4 is 15.1 Å². The van der Waals surface area contributed by atoms with E-state index in [1.807, 2.05) is 35.2 Å². The number of nitrogens with zero attached hydrogens (tertiary/aromatic N) is 3. The first-order valence-electron chi connectivity index (χ1n) is 10.9. The van der Waals surface area contributed by atoms with E-state index < -0.39 is 18.0 Å². The van der Waals surface area contributed by atoms with Crippen LogP contribution in [0.1, 0.15) is 25.3 Å². The SMILES string of the molecule is [C-]#[N+]C(=C1CCN(c2ccc(N3C[C@H](CNC(C)=O)OC3=O)cc2F)CC1)c1ccccc1. The van der Waals surface area contributed by atoms with Crippen LogP contribution in [0.15, 0.2) is 54.1 Å². The molecule has 0 bridgehead atoms. The maximum absolute atomic E-state index is 15.0. The van der Waals surface area contributed by atoms with Crippen molar-refractivity contribution in [3.8, 4) is 0 Å². The van der Waals surface area contributed by atoms with E-state index in [2.05, 4.69) is 10.2 Å². The molecule has 0 radical (unpaired) electrons. The Labute approximate surface area is 192 Å². The van der Waals surface area contributed by atoms with Crippen molar-refractivity contribution in [2.75, 3.05) is 36.0 Å². The molecule has 2 fully saturated rings. The molecule has 33 heavy (non-hydrogen) atoms. The van der Waals surface area contributed by atoms with Gasteiger partial charge in [0.2, 0.25) is 5.91 Å². The Morgan fingerprint density at radius 1 is 1.21 bits per heavy atom. The van der Waals surface area contributed by atoms with E-state index in [1.54, 1.807) is 12.1 Å². The third kappa shape index (κ3) is 4.98. The quantitative estimate of drug-likeness (QED) is 0.696. The Morgan fingerprint density at radius 2 is 1.94 bits per heavy atom. The van der Waals surface area contributed by atoms with Gasteiger partial charge in [-0.05, 0) is 36.6 Å². The van der Waals surface area contributed by atoms with Crippen molar-refractivity contribution in [3.05, 3.63) is 76.9 Å². The van der Waals surface area contributed by atoms with Gasteiger partial charge in [-0.2, -0.15) is 0 Å².